The number of rotatable bonds is 6. The van der Waals surface area contributed by atoms with Crippen LogP contribution in [-0.4, -0.2) is 26.9 Å². The monoisotopic (exact) mass is 498 g/mol. The van der Waals surface area contributed by atoms with Crippen molar-refractivity contribution in [2.75, 3.05) is 10.6 Å². The Balaban J connectivity index is 1.38. The second-order valence-electron chi connectivity index (χ2n) is 8.56. The number of nitrogens with one attached hydrogen (secondary N) is 4. The maximum atomic E-state index is 13.8. The van der Waals surface area contributed by atoms with Crippen LogP contribution in [0, 0.1) is 6.92 Å². The molecule has 0 aliphatic heterocycles. The van der Waals surface area contributed by atoms with Crippen molar-refractivity contribution in [1.82, 2.24) is 20.3 Å². The number of anilines is 4. The van der Waals surface area contributed by atoms with E-state index in [1.165, 1.54) is 12.3 Å². The van der Waals surface area contributed by atoms with E-state index in [9.17, 15) is 22.8 Å². The Bertz CT molecular complexity index is 1510. The van der Waals surface area contributed by atoms with E-state index in [0.29, 0.717) is 28.2 Å². The fraction of sp³-hybridized carbons (Fsp3) is 0.250. The Morgan fingerprint density at radius 2 is 1.86 bits per heavy atom. The summed E-state index contributed by atoms with van der Waals surface area (Å²) >= 11 is 0. The minimum Gasteiger partial charge on any atom is -0.408 e. The molecule has 0 atom stereocenters. The first-order chi connectivity index (χ1) is 17.2. The first kappa shape index (κ1) is 23.4. The highest BCUT2D eigenvalue weighted by Gasteiger charge is 2.36. The number of carbonyl (C=O) groups excluding carboxylic acids is 1. The molecule has 5 rings (SSSR count). The summed E-state index contributed by atoms with van der Waals surface area (Å²) in [6.07, 6.45) is -0.729. The summed E-state index contributed by atoms with van der Waals surface area (Å²) in [5, 5.41) is 8.52. The maximum absolute atomic E-state index is 13.8. The third kappa shape index (κ3) is 4.88. The van der Waals surface area contributed by atoms with E-state index in [1.807, 2.05) is 0 Å². The summed E-state index contributed by atoms with van der Waals surface area (Å²) in [6, 6.07) is 8.28. The number of fused-ring (bicyclic) bond motifs is 1. The minimum absolute atomic E-state index is 0.0562. The van der Waals surface area contributed by atoms with E-state index in [1.54, 1.807) is 25.1 Å². The van der Waals surface area contributed by atoms with Gasteiger partial charge in [0.15, 0.2) is 5.58 Å². The average Bonchev–Trinajstić information content (AvgIpc) is 3.17. The topological polar surface area (TPSA) is 125 Å². The van der Waals surface area contributed by atoms with E-state index in [0.717, 1.165) is 31.4 Å². The second kappa shape index (κ2) is 9.02. The zero-order chi connectivity index (χ0) is 25.4. The number of alkyl halides is 3. The van der Waals surface area contributed by atoms with Gasteiger partial charge in [-0.1, -0.05) is 0 Å². The molecule has 4 N–H and O–H groups in total. The second-order valence-corrected chi connectivity index (χ2v) is 8.56. The minimum atomic E-state index is -4.72. The van der Waals surface area contributed by atoms with Gasteiger partial charge in [-0.2, -0.15) is 18.2 Å². The zero-order valence-electron chi connectivity index (χ0n) is 19.0. The number of benzene rings is 2. The number of aryl methyl sites for hydroxylation is 1. The van der Waals surface area contributed by atoms with Crippen LogP contribution in [0.15, 0.2) is 51.8 Å². The molecular weight excluding hydrogens is 477 g/mol. The molecule has 1 saturated carbocycles. The lowest BCUT2D eigenvalue weighted by atomic mass is 9.92. The molecule has 1 aliphatic rings. The molecule has 4 aromatic rings. The van der Waals surface area contributed by atoms with Gasteiger partial charge in [-0.25, -0.2) is 9.78 Å². The first-order valence-electron chi connectivity index (χ1n) is 11.2. The van der Waals surface area contributed by atoms with Gasteiger partial charge >= 0.3 is 11.9 Å². The molecule has 0 unspecified atom stereocenters. The molecule has 9 nitrogen and oxygen atoms in total. The molecule has 0 saturated heterocycles. The Labute approximate surface area is 202 Å². The number of halogens is 3. The molecule has 0 spiro atoms. The van der Waals surface area contributed by atoms with Gasteiger partial charge in [0.2, 0.25) is 5.95 Å². The number of carbonyl (C=O) groups is 1. The summed E-state index contributed by atoms with van der Waals surface area (Å²) in [5.41, 5.74) is 0.786. The Morgan fingerprint density at radius 3 is 2.58 bits per heavy atom. The van der Waals surface area contributed by atoms with Crippen LogP contribution in [0.3, 0.4) is 0 Å². The molecule has 1 fully saturated rings. The van der Waals surface area contributed by atoms with Gasteiger partial charge < -0.3 is 20.4 Å². The Kier molecular flexibility index (Phi) is 5.86. The summed E-state index contributed by atoms with van der Waals surface area (Å²) in [4.78, 5) is 34.9. The van der Waals surface area contributed by atoms with Crippen molar-refractivity contribution < 1.29 is 22.4 Å². The quantitative estimate of drug-likeness (QED) is 0.295. The van der Waals surface area contributed by atoms with Crippen molar-refractivity contribution in [3.8, 4) is 0 Å². The lowest BCUT2D eigenvalue weighted by Crippen LogP contribution is -2.40. The predicted molar refractivity (Wildman–Crippen MR) is 127 cm³/mol. The summed E-state index contributed by atoms with van der Waals surface area (Å²) in [5.74, 6) is -0.852. The molecule has 2 heterocycles. The van der Waals surface area contributed by atoms with Gasteiger partial charge in [0.1, 0.15) is 5.82 Å². The van der Waals surface area contributed by atoms with Gasteiger partial charge in [-0.15, -0.1) is 0 Å². The van der Waals surface area contributed by atoms with Crippen LogP contribution in [0.2, 0.25) is 0 Å². The standard InChI is InChI=1S/C24H21F3N6O3/c1-12-11-28-22(33-20(12)29-15-6-8-19-18(10-15)32-23(35)36-19)31-14-5-7-16(17(9-14)24(25,26)27)21(34)30-13-3-2-4-13/h5-11,13H,2-4H2,1H3,(H,30,34)(H,32,35)(H2,28,29,31,33). The van der Waals surface area contributed by atoms with Gasteiger partial charge in [0.25, 0.3) is 5.91 Å². The van der Waals surface area contributed by atoms with E-state index in [2.05, 4.69) is 30.9 Å². The number of hydrogen-bond donors (Lipinski definition) is 4. The Morgan fingerprint density at radius 1 is 1.11 bits per heavy atom. The van der Waals surface area contributed by atoms with E-state index >= 15 is 0 Å². The number of nitrogens with zero attached hydrogens (tertiary/aromatic N) is 2. The van der Waals surface area contributed by atoms with Crippen LogP contribution < -0.4 is 21.7 Å². The molecular formula is C24H21F3N6O3. The number of oxazole rings is 1. The van der Waals surface area contributed by atoms with Crippen LogP contribution in [0.1, 0.15) is 40.7 Å². The van der Waals surface area contributed by atoms with Gasteiger partial charge in [-0.05, 0) is 62.6 Å². The van der Waals surface area contributed by atoms with Crippen LogP contribution in [-0.2, 0) is 6.18 Å². The smallest absolute Gasteiger partial charge is 0.408 e. The number of hydrogen-bond acceptors (Lipinski definition) is 7. The van der Waals surface area contributed by atoms with Crippen molar-refractivity contribution in [2.45, 2.75) is 38.4 Å². The fourth-order valence-electron chi connectivity index (χ4n) is 3.79. The lowest BCUT2D eigenvalue weighted by Gasteiger charge is -2.27. The summed E-state index contributed by atoms with van der Waals surface area (Å²) < 4.78 is 46.3. The van der Waals surface area contributed by atoms with Gasteiger partial charge in [0.05, 0.1) is 16.6 Å². The molecule has 2 aromatic carbocycles. The van der Waals surface area contributed by atoms with Crippen molar-refractivity contribution in [2.24, 2.45) is 0 Å². The molecule has 1 aliphatic carbocycles. The van der Waals surface area contributed by atoms with Crippen molar-refractivity contribution >= 4 is 40.1 Å². The average molecular weight is 498 g/mol. The molecule has 12 heteroatoms. The third-order valence-electron chi connectivity index (χ3n) is 5.92. The predicted octanol–water partition coefficient (Wildman–Crippen LogP) is 5.01. The number of H-pyrrole nitrogens is 1. The number of aromatic amines is 1. The van der Waals surface area contributed by atoms with Crippen molar-refractivity contribution in [3.05, 3.63) is 69.8 Å². The van der Waals surface area contributed by atoms with Crippen LogP contribution in [0.4, 0.5) is 36.3 Å². The molecule has 1 amide bonds. The summed E-state index contributed by atoms with van der Waals surface area (Å²) in [7, 11) is 0. The van der Waals surface area contributed by atoms with Gasteiger partial charge in [0, 0.05) is 29.2 Å². The third-order valence-corrected chi connectivity index (χ3v) is 5.92. The fourth-order valence-corrected chi connectivity index (χ4v) is 3.79. The molecule has 36 heavy (non-hydrogen) atoms. The van der Waals surface area contributed by atoms with Crippen molar-refractivity contribution in [1.29, 1.82) is 0 Å². The normalized spacial score (nSPS) is 13.9. The van der Waals surface area contributed by atoms with Crippen molar-refractivity contribution in [3.63, 3.8) is 0 Å². The highest BCUT2D eigenvalue weighted by Crippen LogP contribution is 2.35. The first-order valence-corrected chi connectivity index (χ1v) is 11.2. The molecule has 186 valence electrons. The SMILES string of the molecule is Cc1cnc(Nc2ccc(C(=O)NC3CCC3)c(C(F)(F)F)c2)nc1Nc1ccc2oc(=O)[nH]c2c1. The molecule has 2 aromatic heterocycles. The van der Waals surface area contributed by atoms with Crippen LogP contribution in [0.5, 0.6) is 0 Å². The van der Waals surface area contributed by atoms with Crippen LogP contribution in [0.25, 0.3) is 11.1 Å². The lowest BCUT2D eigenvalue weighted by molar-refractivity contribution is -0.137. The number of aromatic nitrogens is 3. The van der Waals surface area contributed by atoms with E-state index in [4.69, 9.17) is 4.42 Å². The molecule has 0 radical (unpaired) electrons. The van der Waals surface area contributed by atoms with E-state index in [-0.39, 0.29) is 17.7 Å². The van der Waals surface area contributed by atoms with E-state index < -0.39 is 29.0 Å². The molecule has 0 bridgehead atoms. The largest absolute Gasteiger partial charge is 0.417 e. The maximum Gasteiger partial charge on any atom is 0.417 e. The van der Waals surface area contributed by atoms with Crippen LogP contribution >= 0.6 is 0 Å². The highest BCUT2D eigenvalue weighted by molar-refractivity contribution is 5.96. The zero-order valence-corrected chi connectivity index (χ0v) is 19.0. The highest BCUT2D eigenvalue weighted by atomic mass is 19.4. The Hall–Kier alpha value is -4.35. The number of amides is 1. The summed E-state index contributed by atoms with van der Waals surface area (Å²) in [6.45, 7) is 1.77. The van der Waals surface area contributed by atoms with Gasteiger partial charge in [-0.3, -0.25) is 9.78 Å².